The van der Waals surface area contributed by atoms with Crippen LogP contribution in [0, 0.1) is 18.5 Å². The van der Waals surface area contributed by atoms with Gasteiger partial charge in [-0.25, -0.2) is 0 Å². The van der Waals surface area contributed by atoms with Gasteiger partial charge >= 0.3 is 0 Å². The fourth-order valence-electron chi connectivity index (χ4n) is 3.47. The van der Waals surface area contributed by atoms with E-state index in [1.807, 2.05) is 42.5 Å². The van der Waals surface area contributed by atoms with E-state index >= 15 is 0 Å². The molecule has 0 fully saturated rings. The highest BCUT2D eigenvalue weighted by molar-refractivity contribution is 14.1. The Hall–Kier alpha value is -1.99. The Morgan fingerprint density at radius 3 is 2.48 bits per heavy atom. The number of nitrogens with two attached hydrogens (primary N) is 1. The molecule has 0 saturated heterocycles. The number of halogens is 2. The van der Waals surface area contributed by atoms with Crippen LogP contribution in [0.2, 0.25) is 0 Å². The van der Waals surface area contributed by atoms with Crippen LogP contribution in [0.15, 0.2) is 60.0 Å². The summed E-state index contributed by atoms with van der Waals surface area (Å²) >= 11 is 4.51. The maximum Gasteiger partial charge on any atom is 0.205 e. The standard InChI is InChI=1S/C21H14I2N2O2/c1-26-20-16(22)8-12(9-17(20)23)18-14-7-6-11-4-2-3-5-13(11)19(14)27-21(25)15(18)10-24/h2-9,18H,25H2,1H3. The molecule has 0 amide bonds. The van der Waals surface area contributed by atoms with Crippen molar-refractivity contribution in [3.05, 3.63) is 78.3 Å². The lowest BCUT2D eigenvalue weighted by molar-refractivity contribution is 0.398. The van der Waals surface area contributed by atoms with Crippen LogP contribution in [0.3, 0.4) is 0 Å². The van der Waals surface area contributed by atoms with Crippen molar-refractivity contribution in [2.45, 2.75) is 5.92 Å². The summed E-state index contributed by atoms with van der Waals surface area (Å²) in [5, 5.41) is 11.8. The molecule has 27 heavy (non-hydrogen) atoms. The molecule has 4 rings (SSSR count). The third-order valence-electron chi connectivity index (χ3n) is 4.67. The van der Waals surface area contributed by atoms with Crippen LogP contribution in [0.25, 0.3) is 10.8 Å². The van der Waals surface area contributed by atoms with Gasteiger partial charge in [0.05, 0.1) is 20.2 Å². The summed E-state index contributed by atoms with van der Waals surface area (Å²) in [4.78, 5) is 0. The number of ether oxygens (including phenoxy) is 2. The monoisotopic (exact) mass is 580 g/mol. The number of nitrogens with zero attached hydrogens (tertiary/aromatic N) is 1. The summed E-state index contributed by atoms with van der Waals surface area (Å²) in [5.74, 6) is 1.43. The number of nitriles is 1. The van der Waals surface area contributed by atoms with Crippen LogP contribution in [0.4, 0.5) is 0 Å². The third-order valence-corrected chi connectivity index (χ3v) is 6.27. The van der Waals surface area contributed by atoms with Crippen molar-refractivity contribution in [2.75, 3.05) is 7.11 Å². The number of benzene rings is 3. The molecule has 0 aliphatic carbocycles. The minimum atomic E-state index is -0.281. The molecular formula is C21H14I2N2O2. The fourth-order valence-corrected chi connectivity index (χ4v) is 5.73. The van der Waals surface area contributed by atoms with Gasteiger partial charge in [-0.3, -0.25) is 0 Å². The van der Waals surface area contributed by atoms with Gasteiger partial charge in [-0.1, -0.05) is 36.4 Å². The van der Waals surface area contributed by atoms with Crippen LogP contribution in [0.1, 0.15) is 17.0 Å². The van der Waals surface area contributed by atoms with E-state index in [4.69, 9.17) is 15.2 Å². The van der Waals surface area contributed by atoms with E-state index in [9.17, 15) is 5.26 Å². The highest BCUT2D eigenvalue weighted by Gasteiger charge is 2.32. The van der Waals surface area contributed by atoms with Crippen LogP contribution in [-0.2, 0) is 0 Å². The van der Waals surface area contributed by atoms with Crippen molar-refractivity contribution in [2.24, 2.45) is 5.73 Å². The van der Waals surface area contributed by atoms with Gasteiger partial charge in [0, 0.05) is 10.9 Å². The lowest BCUT2D eigenvalue weighted by atomic mass is 9.82. The Balaban J connectivity index is 2.00. The van der Waals surface area contributed by atoms with Crippen LogP contribution >= 0.6 is 45.2 Å². The van der Waals surface area contributed by atoms with E-state index in [2.05, 4.69) is 57.3 Å². The first-order valence-electron chi connectivity index (χ1n) is 8.17. The number of hydrogen-bond donors (Lipinski definition) is 1. The van der Waals surface area contributed by atoms with E-state index in [0.29, 0.717) is 5.57 Å². The number of hydrogen-bond acceptors (Lipinski definition) is 4. The van der Waals surface area contributed by atoms with E-state index < -0.39 is 0 Å². The van der Waals surface area contributed by atoms with Gasteiger partial charge in [0.25, 0.3) is 0 Å². The van der Waals surface area contributed by atoms with Crippen molar-refractivity contribution >= 4 is 56.0 Å². The van der Waals surface area contributed by atoms with Crippen molar-refractivity contribution < 1.29 is 9.47 Å². The van der Waals surface area contributed by atoms with Crippen LogP contribution in [0.5, 0.6) is 11.5 Å². The van der Waals surface area contributed by atoms with E-state index in [1.54, 1.807) is 7.11 Å². The summed E-state index contributed by atoms with van der Waals surface area (Å²) in [5.41, 5.74) is 8.52. The fraction of sp³-hybridized carbons (Fsp3) is 0.0952. The molecule has 1 unspecified atom stereocenters. The molecule has 3 aromatic rings. The predicted molar refractivity (Wildman–Crippen MR) is 122 cm³/mol. The molecule has 1 atom stereocenters. The van der Waals surface area contributed by atoms with Gasteiger partial charge in [0.15, 0.2) is 0 Å². The second kappa shape index (κ2) is 7.20. The van der Waals surface area contributed by atoms with Crippen LogP contribution < -0.4 is 15.2 Å². The minimum Gasteiger partial charge on any atom is -0.495 e. The van der Waals surface area contributed by atoms with Gasteiger partial charge in [-0.05, 0) is 68.3 Å². The summed E-state index contributed by atoms with van der Waals surface area (Å²) in [7, 11) is 1.66. The summed E-state index contributed by atoms with van der Waals surface area (Å²) in [6.45, 7) is 0. The van der Waals surface area contributed by atoms with Gasteiger partial charge in [0.2, 0.25) is 5.88 Å². The third kappa shape index (κ3) is 3.02. The second-order valence-electron chi connectivity index (χ2n) is 6.15. The maximum absolute atomic E-state index is 9.78. The zero-order valence-corrected chi connectivity index (χ0v) is 18.6. The number of allylic oxidation sites excluding steroid dienone is 1. The van der Waals surface area contributed by atoms with Gasteiger partial charge < -0.3 is 15.2 Å². The van der Waals surface area contributed by atoms with Crippen LogP contribution in [-0.4, -0.2) is 7.11 Å². The molecule has 4 nitrogen and oxygen atoms in total. The molecule has 0 aromatic heterocycles. The van der Waals surface area contributed by atoms with Gasteiger partial charge in [-0.2, -0.15) is 5.26 Å². The molecule has 0 spiro atoms. The second-order valence-corrected chi connectivity index (χ2v) is 8.47. The molecule has 6 heteroatoms. The van der Waals surface area contributed by atoms with Crippen molar-refractivity contribution in [3.8, 4) is 17.6 Å². The summed E-state index contributed by atoms with van der Waals surface area (Å²) in [6, 6.07) is 18.4. The van der Waals surface area contributed by atoms with Gasteiger partial charge in [-0.15, -0.1) is 0 Å². The number of methoxy groups -OCH3 is 1. The molecule has 0 bridgehead atoms. The molecule has 1 aliphatic rings. The van der Waals surface area contributed by atoms with E-state index in [1.165, 1.54) is 0 Å². The molecule has 2 N–H and O–H groups in total. The number of rotatable bonds is 2. The van der Waals surface area contributed by atoms with Crippen molar-refractivity contribution in [3.63, 3.8) is 0 Å². The Labute approximate surface area is 184 Å². The smallest absolute Gasteiger partial charge is 0.205 e. The Bertz CT molecular complexity index is 1130. The first-order chi connectivity index (χ1) is 13.0. The maximum atomic E-state index is 9.78. The zero-order valence-electron chi connectivity index (χ0n) is 14.3. The molecular weight excluding hydrogens is 566 g/mol. The Morgan fingerprint density at radius 2 is 1.81 bits per heavy atom. The summed E-state index contributed by atoms with van der Waals surface area (Å²) in [6.07, 6.45) is 0. The number of fused-ring (bicyclic) bond motifs is 3. The van der Waals surface area contributed by atoms with E-state index in [-0.39, 0.29) is 11.8 Å². The highest BCUT2D eigenvalue weighted by Crippen LogP contribution is 2.46. The lowest BCUT2D eigenvalue weighted by Gasteiger charge is -2.28. The first-order valence-corrected chi connectivity index (χ1v) is 10.3. The van der Waals surface area contributed by atoms with Crippen molar-refractivity contribution in [1.82, 2.24) is 0 Å². The van der Waals surface area contributed by atoms with Gasteiger partial charge in [0.1, 0.15) is 23.1 Å². The Kier molecular flexibility index (Phi) is 4.90. The molecule has 3 aromatic carbocycles. The lowest BCUT2D eigenvalue weighted by Crippen LogP contribution is -2.21. The molecule has 0 radical (unpaired) electrons. The molecule has 134 valence electrons. The van der Waals surface area contributed by atoms with E-state index in [0.717, 1.165) is 40.5 Å². The predicted octanol–water partition coefficient (Wildman–Crippen LogP) is 5.28. The van der Waals surface area contributed by atoms with Crippen molar-refractivity contribution in [1.29, 1.82) is 5.26 Å². The Morgan fingerprint density at radius 1 is 1.11 bits per heavy atom. The molecule has 1 heterocycles. The molecule has 1 aliphatic heterocycles. The normalized spacial score (nSPS) is 15.9. The zero-order chi connectivity index (χ0) is 19.1. The largest absolute Gasteiger partial charge is 0.495 e. The minimum absolute atomic E-state index is 0.159. The average molecular weight is 580 g/mol. The first kappa shape index (κ1) is 18.4. The molecule has 0 saturated carbocycles. The quantitative estimate of drug-likeness (QED) is 0.420. The topological polar surface area (TPSA) is 68.3 Å². The SMILES string of the molecule is COc1c(I)cc(C2C(C#N)=C(N)Oc3c2ccc2ccccc32)cc1I. The average Bonchev–Trinajstić information content (AvgIpc) is 2.66. The summed E-state index contributed by atoms with van der Waals surface area (Å²) < 4.78 is 13.4. The highest BCUT2D eigenvalue weighted by atomic mass is 127.